The van der Waals surface area contributed by atoms with Gasteiger partial charge in [-0.15, -0.1) is 5.10 Å². The number of nitrogens with zero attached hydrogens (tertiary/aromatic N) is 6. The minimum absolute atomic E-state index is 0.0498. The Balaban J connectivity index is 1.33. The van der Waals surface area contributed by atoms with Crippen LogP contribution in [0.2, 0.25) is 5.02 Å². The van der Waals surface area contributed by atoms with E-state index in [2.05, 4.69) is 25.5 Å². The Morgan fingerprint density at radius 3 is 2.81 bits per heavy atom. The van der Waals surface area contributed by atoms with E-state index in [1.54, 1.807) is 35.4 Å². The highest BCUT2D eigenvalue weighted by Gasteiger charge is 2.42. The zero-order chi connectivity index (χ0) is 25.7. The van der Waals surface area contributed by atoms with Crippen molar-refractivity contribution in [3.8, 4) is 16.9 Å². The van der Waals surface area contributed by atoms with Crippen LogP contribution in [0.1, 0.15) is 47.1 Å². The molecule has 0 saturated carbocycles. The highest BCUT2D eigenvalue weighted by molar-refractivity contribution is 6.31. The van der Waals surface area contributed by atoms with Gasteiger partial charge in [0.1, 0.15) is 12.2 Å². The molecule has 2 atom stereocenters. The summed E-state index contributed by atoms with van der Waals surface area (Å²) in [5, 5.41) is 11.1. The van der Waals surface area contributed by atoms with Gasteiger partial charge < -0.3 is 15.6 Å². The first-order valence-electron chi connectivity index (χ1n) is 11.6. The predicted molar refractivity (Wildman–Crippen MR) is 132 cm³/mol. The average molecular weight is 519 g/mol. The number of benzene rings is 2. The number of rotatable bonds is 5. The molecule has 0 spiro atoms. The third-order valence-electron chi connectivity index (χ3n) is 6.89. The number of amides is 2. The second kappa shape index (κ2) is 8.93. The van der Waals surface area contributed by atoms with Crippen LogP contribution in [0.3, 0.4) is 0 Å². The number of aromatic amines is 1. The summed E-state index contributed by atoms with van der Waals surface area (Å²) < 4.78 is 16.6. The van der Waals surface area contributed by atoms with Gasteiger partial charge in [-0.2, -0.15) is 4.68 Å². The molecule has 2 aliphatic rings. The van der Waals surface area contributed by atoms with E-state index in [-0.39, 0.29) is 28.6 Å². The van der Waals surface area contributed by atoms with Crippen LogP contribution in [0.15, 0.2) is 55.0 Å². The highest BCUT2D eigenvalue weighted by Crippen LogP contribution is 2.44. The van der Waals surface area contributed by atoms with E-state index in [1.807, 2.05) is 6.07 Å². The van der Waals surface area contributed by atoms with Gasteiger partial charge in [-0.3, -0.25) is 9.59 Å². The number of aromatic nitrogens is 6. The van der Waals surface area contributed by atoms with Crippen LogP contribution in [0.5, 0.6) is 0 Å². The number of tetrazole rings is 1. The van der Waals surface area contributed by atoms with Crippen molar-refractivity contribution in [2.45, 2.75) is 31.3 Å². The van der Waals surface area contributed by atoms with Crippen molar-refractivity contribution in [2.75, 3.05) is 0 Å². The topological polar surface area (TPSA) is 136 Å². The Kier molecular flexibility index (Phi) is 5.56. The molecular formula is C25H20ClFN8O2. The molecule has 4 heterocycles. The number of halogens is 2. The molecule has 2 aromatic heterocycles. The average Bonchev–Trinajstić information content (AvgIpc) is 3.66. The molecule has 3 N–H and O–H groups in total. The molecule has 2 amide bonds. The molecule has 2 aliphatic heterocycles. The minimum atomic E-state index is -0.625. The van der Waals surface area contributed by atoms with Gasteiger partial charge in [-0.1, -0.05) is 29.8 Å². The Morgan fingerprint density at radius 2 is 2.03 bits per heavy atom. The van der Waals surface area contributed by atoms with Crippen molar-refractivity contribution in [3.05, 3.63) is 82.8 Å². The van der Waals surface area contributed by atoms with Gasteiger partial charge in [0.15, 0.2) is 5.82 Å². The van der Waals surface area contributed by atoms with Gasteiger partial charge in [0.25, 0.3) is 0 Å². The lowest BCUT2D eigenvalue weighted by atomic mass is 9.92. The minimum Gasteiger partial charge on any atom is -0.366 e. The van der Waals surface area contributed by atoms with E-state index < -0.39 is 11.7 Å². The molecule has 1 unspecified atom stereocenters. The van der Waals surface area contributed by atoms with Gasteiger partial charge >= 0.3 is 0 Å². The van der Waals surface area contributed by atoms with Crippen LogP contribution in [0.4, 0.5) is 4.39 Å². The fourth-order valence-electron chi connectivity index (χ4n) is 5.28. The fourth-order valence-corrected chi connectivity index (χ4v) is 5.44. The molecule has 186 valence electrons. The van der Waals surface area contributed by atoms with Crippen molar-refractivity contribution < 1.29 is 14.0 Å². The number of nitrogens with two attached hydrogens (primary N) is 1. The molecule has 1 fully saturated rings. The number of carbonyl (C=O) groups excluding carboxylic acids is 2. The second-order valence-electron chi connectivity index (χ2n) is 8.97. The second-order valence-corrected chi connectivity index (χ2v) is 9.38. The van der Waals surface area contributed by atoms with Gasteiger partial charge in [-0.25, -0.2) is 9.37 Å². The normalized spacial score (nSPS) is 19.1. The third kappa shape index (κ3) is 3.87. The molecule has 4 aromatic rings. The maximum Gasteiger partial charge on any atom is 0.249 e. The van der Waals surface area contributed by atoms with Crippen LogP contribution in [-0.4, -0.2) is 52.9 Å². The smallest absolute Gasteiger partial charge is 0.249 e. The fraction of sp³-hybridized carbons (Fsp3) is 0.200. The van der Waals surface area contributed by atoms with Crippen molar-refractivity contribution in [1.29, 1.82) is 0 Å². The van der Waals surface area contributed by atoms with Gasteiger partial charge in [0.05, 0.1) is 28.6 Å². The quantitative estimate of drug-likeness (QED) is 0.415. The number of nitrogens with one attached hydrogen (secondary N) is 1. The number of carbonyl (C=O) groups is 2. The van der Waals surface area contributed by atoms with Gasteiger partial charge in [0, 0.05) is 28.8 Å². The third-order valence-corrected chi connectivity index (χ3v) is 7.19. The predicted octanol–water partition coefficient (Wildman–Crippen LogP) is 3.46. The Morgan fingerprint density at radius 1 is 1.19 bits per heavy atom. The summed E-state index contributed by atoms with van der Waals surface area (Å²) in [5.41, 5.74) is 8.33. The van der Waals surface area contributed by atoms with E-state index >= 15 is 4.39 Å². The van der Waals surface area contributed by atoms with Gasteiger partial charge in [0.2, 0.25) is 11.8 Å². The summed E-state index contributed by atoms with van der Waals surface area (Å²) in [7, 11) is 0. The molecule has 2 aromatic carbocycles. The standard InChI is InChI=1S/C25H20ClFN8O2/c26-17-6-8-19(34-12-30-32-33-34)22(23(17)27)13-9-14-5-7-20(35(14)21(36)10-13)25-29-11-18(31-25)15-3-1-2-4-16(15)24(28)37/h1-4,6,8,10-12,14,20H,5,7,9H2,(H2,28,37)(H,29,31)/t14?,20-/m0/s1. The lowest BCUT2D eigenvalue weighted by Crippen LogP contribution is -2.39. The molecular weight excluding hydrogens is 499 g/mol. The van der Waals surface area contributed by atoms with Crippen molar-refractivity contribution in [3.63, 3.8) is 0 Å². The summed E-state index contributed by atoms with van der Waals surface area (Å²) in [6.07, 6.45) is 6.28. The summed E-state index contributed by atoms with van der Waals surface area (Å²) in [4.78, 5) is 34.8. The van der Waals surface area contributed by atoms with Crippen LogP contribution in [0, 0.1) is 5.82 Å². The van der Waals surface area contributed by atoms with E-state index in [4.69, 9.17) is 17.3 Å². The van der Waals surface area contributed by atoms with Crippen molar-refractivity contribution >= 4 is 29.0 Å². The summed E-state index contributed by atoms with van der Waals surface area (Å²) >= 11 is 6.10. The zero-order valence-electron chi connectivity index (χ0n) is 19.3. The lowest BCUT2D eigenvalue weighted by Gasteiger charge is -2.33. The lowest BCUT2D eigenvalue weighted by molar-refractivity contribution is -0.129. The Hall–Kier alpha value is -4.38. The van der Waals surface area contributed by atoms with Crippen LogP contribution in [0.25, 0.3) is 22.5 Å². The zero-order valence-corrected chi connectivity index (χ0v) is 20.1. The van der Waals surface area contributed by atoms with Crippen LogP contribution < -0.4 is 5.73 Å². The number of imidazole rings is 1. The van der Waals surface area contributed by atoms with Gasteiger partial charge in [-0.05, 0) is 53.5 Å². The maximum atomic E-state index is 15.3. The Labute approximate surface area is 214 Å². The monoisotopic (exact) mass is 518 g/mol. The van der Waals surface area contributed by atoms with Crippen LogP contribution in [-0.2, 0) is 4.79 Å². The van der Waals surface area contributed by atoms with Crippen molar-refractivity contribution in [2.24, 2.45) is 5.73 Å². The first-order valence-corrected chi connectivity index (χ1v) is 12.0. The maximum absolute atomic E-state index is 15.3. The molecule has 6 rings (SSSR count). The molecule has 0 bridgehead atoms. The Bertz CT molecular complexity index is 1560. The summed E-state index contributed by atoms with van der Waals surface area (Å²) in [6, 6.07) is 9.63. The van der Waals surface area contributed by atoms with E-state index in [1.165, 1.54) is 23.2 Å². The molecule has 12 heteroatoms. The van der Waals surface area contributed by atoms with Crippen molar-refractivity contribution in [1.82, 2.24) is 35.1 Å². The summed E-state index contributed by atoms with van der Waals surface area (Å²) in [5.74, 6) is -0.789. The molecule has 1 saturated heterocycles. The number of fused-ring (bicyclic) bond motifs is 1. The summed E-state index contributed by atoms with van der Waals surface area (Å²) in [6.45, 7) is 0. The number of primary amides is 1. The number of hydrogen-bond donors (Lipinski definition) is 2. The molecule has 10 nitrogen and oxygen atoms in total. The van der Waals surface area contributed by atoms with E-state index in [9.17, 15) is 9.59 Å². The molecule has 0 radical (unpaired) electrons. The first-order chi connectivity index (χ1) is 17.9. The number of H-pyrrole nitrogens is 1. The number of hydrogen-bond acceptors (Lipinski definition) is 6. The SMILES string of the molecule is NC(=O)c1ccccc1-c1cnc([C@@H]2CCC3CC(c4c(-n5cnnn5)ccc(Cl)c4F)=CC(=O)N32)[nH]1. The highest BCUT2D eigenvalue weighted by atomic mass is 35.5. The first kappa shape index (κ1) is 23.0. The van der Waals surface area contributed by atoms with Crippen LogP contribution >= 0.6 is 11.6 Å². The van der Waals surface area contributed by atoms with E-state index in [0.717, 1.165) is 0 Å². The van der Waals surface area contributed by atoms with E-state index in [0.29, 0.717) is 53.2 Å². The molecule has 37 heavy (non-hydrogen) atoms. The molecule has 0 aliphatic carbocycles. The largest absolute Gasteiger partial charge is 0.366 e.